The zero-order valence-corrected chi connectivity index (χ0v) is 24.6. The maximum Gasteiger partial charge on any atom is 0.311 e. The lowest BCUT2D eigenvalue weighted by atomic mass is 9.96. The van der Waals surface area contributed by atoms with E-state index in [2.05, 4.69) is 51.0 Å². The molecule has 0 saturated heterocycles. The van der Waals surface area contributed by atoms with Crippen molar-refractivity contribution in [3.05, 3.63) is 48.0 Å². The van der Waals surface area contributed by atoms with Gasteiger partial charge >= 0.3 is 5.97 Å². The number of rotatable bonds is 15. The highest BCUT2D eigenvalue weighted by molar-refractivity contribution is 6.73. The Kier molecular flexibility index (Phi) is 11.8. The number of benzene rings is 2. The molecule has 0 aliphatic heterocycles. The Hall–Kier alpha value is -2.21. The molecule has 0 aliphatic rings. The molecular weight excluding hydrogens is 484 g/mol. The summed E-state index contributed by atoms with van der Waals surface area (Å²) < 4.78 is 30.0. The SMILES string of the molecule is C#C[C@](COCc1ccc2ccccc2c1)(O[Si](CC)(CC)CC)[C@@H](COC(=O)C(C)(C)C)OCOC. The summed E-state index contributed by atoms with van der Waals surface area (Å²) in [5, 5.41) is 2.32. The second-order valence-electron chi connectivity index (χ2n) is 10.5. The minimum absolute atomic E-state index is 0.0197. The smallest absolute Gasteiger partial charge is 0.311 e. The topological polar surface area (TPSA) is 63.2 Å². The van der Waals surface area contributed by atoms with Gasteiger partial charge in [-0.3, -0.25) is 4.79 Å². The molecular formula is C30H44O6Si. The van der Waals surface area contributed by atoms with Crippen LogP contribution >= 0.6 is 0 Å². The number of methoxy groups -OCH3 is 1. The molecule has 37 heavy (non-hydrogen) atoms. The van der Waals surface area contributed by atoms with Crippen molar-refractivity contribution in [3.63, 3.8) is 0 Å². The molecule has 0 fully saturated rings. The van der Waals surface area contributed by atoms with E-state index >= 15 is 0 Å². The predicted molar refractivity (Wildman–Crippen MR) is 151 cm³/mol. The van der Waals surface area contributed by atoms with E-state index in [0.29, 0.717) is 6.61 Å². The van der Waals surface area contributed by atoms with E-state index in [-0.39, 0.29) is 26.0 Å². The quantitative estimate of drug-likeness (QED) is 0.117. The van der Waals surface area contributed by atoms with Gasteiger partial charge in [0.15, 0.2) is 13.9 Å². The molecule has 0 aromatic heterocycles. The molecule has 0 saturated carbocycles. The standard InChI is InChI=1S/C30H44O6Si/c1-9-30(36-37(10-2,11-3)12-4,27(35-23-32-8)21-34-28(31)29(5,6)7)22-33-20-24-17-18-25-15-13-14-16-26(25)19-24/h1,13-19,27H,10-12,20-23H2,2-8H3/t27-,30-/m1/s1. The van der Waals surface area contributed by atoms with E-state index < -0.39 is 25.4 Å². The monoisotopic (exact) mass is 528 g/mol. The molecule has 2 aromatic carbocycles. The van der Waals surface area contributed by atoms with Gasteiger partial charge in [-0.1, -0.05) is 63.1 Å². The molecule has 0 aliphatic carbocycles. The number of fused-ring (bicyclic) bond motifs is 1. The summed E-state index contributed by atoms with van der Waals surface area (Å²) in [7, 11) is -0.680. The predicted octanol–water partition coefficient (Wildman–Crippen LogP) is 6.33. The summed E-state index contributed by atoms with van der Waals surface area (Å²) in [6, 6.07) is 17.1. The third-order valence-electron chi connectivity index (χ3n) is 6.86. The first-order valence-electron chi connectivity index (χ1n) is 13.1. The second-order valence-corrected chi connectivity index (χ2v) is 15.2. The average molecular weight is 529 g/mol. The Morgan fingerprint density at radius 2 is 1.68 bits per heavy atom. The van der Waals surface area contributed by atoms with Gasteiger partial charge in [-0.05, 0) is 61.3 Å². The van der Waals surface area contributed by atoms with Gasteiger partial charge in [0.1, 0.15) is 19.5 Å². The summed E-state index contributed by atoms with van der Waals surface area (Å²) in [6.07, 6.45) is 5.44. The van der Waals surface area contributed by atoms with Crippen molar-refractivity contribution >= 4 is 25.1 Å². The lowest BCUT2D eigenvalue weighted by molar-refractivity contribution is -0.181. The molecule has 2 rings (SSSR count). The van der Waals surface area contributed by atoms with Gasteiger partial charge in [-0.15, -0.1) is 6.42 Å². The van der Waals surface area contributed by atoms with E-state index in [1.54, 1.807) is 20.8 Å². The number of carbonyl (C=O) groups is 1. The molecule has 0 radical (unpaired) electrons. The number of terminal acetylenes is 1. The number of ether oxygens (including phenoxy) is 4. The van der Waals surface area contributed by atoms with Gasteiger partial charge in [-0.25, -0.2) is 0 Å². The summed E-state index contributed by atoms with van der Waals surface area (Å²) in [5.41, 5.74) is -0.877. The number of hydrogen-bond donors (Lipinski definition) is 0. The van der Waals surface area contributed by atoms with Crippen LogP contribution in [0, 0.1) is 17.8 Å². The highest BCUT2D eigenvalue weighted by Crippen LogP contribution is 2.32. The van der Waals surface area contributed by atoms with E-state index in [1.807, 2.05) is 18.2 Å². The lowest BCUT2D eigenvalue weighted by Crippen LogP contribution is -2.58. The molecule has 204 valence electrons. The first-order valence-corrected chi connectivity index (χ1v) is 15.6. The minimum atomic E-state index is -2.22. The number of esters is 1. The van der Waals surface area contributed by atoms with Gasteiger partial charge in [0.05, 0.1) is 18.6 Å². The van der Waals surface area contributed by atoms with Crippen LogP contribution in [0.3, 0.4) is 0 Å². The Labute approximate surface area is 224 Å². The van der Waals surface area contributed by atoms with Gasteiger partial charge in [0.2, 0.25) is 0 Å². The van der Waals surface area contributed by atoms with Crippen LogP contribution in [-0.4, -0.2) is 53.1 Å². The largest absolute Gasteiger partial charge is 0.462 e. The van der Waals surface area contributed by atoms with Gasteiger partial charge < -0.3 is 23.4 Å². The van der Waals surface area contributed by atoms with Crippen LogP contribution in [0.25, 0.3) is 10.8 Å². The fraction of sp³-hybridized carbons (Fsp3) is 0.567. The minimum Gasteiger partial charge on any atom is -0.462 e. The number of carbonyl (C=O) groups excluding carboxylic acids is 1. The highest BCUT2D eigenvalue weighted by Gasteiger charge is 2.47. The van der Waals surface area contributed by atoms with Crippen LogP contribution in [0.2, 0.25) is 18.1 Å². The van der Waals surface area contributed by atoms with E-state index in [1.165, 1.54) is 12.5 Å². The molecule has 0 amide bonds. The first-order chi connectivity index (χ1) is 17.6. The molecule has 0 N–H and O–H groups in total. The third kappa shape index (κ3) is 8.39. The van der Waals surface area contributed by atoms with Crippen molar-refractivity contribution in [2.24, 2.45) is 5.41 Å². The molecule has 6 nitrogen and oxygen atoms in total. The molecule has 0 unspecified atom stereocenters. The normalized spacial score (nSPS) is 14.6. The third-order valence-corrected chi connectivity index (χ3v) is 11.5. The maximum absolute atomic E-state index is 12.6. The first kappa shape index (κ1) is 31.0. The summed E-state index contributed by atoms with van der Waals surface area (Å²) in [4.78, 5) is 12.6. The summed E-state index contributed by atoms with van der Waals surface area (Å²) in [5.74, 6) is 2.54. The lowest BCUT2D eigenvalue weighted by Gasteiger charge is -2.43. The maximum atomic E-state index is 12.6. The van der Waals surface area contributed by atoms with Crippen LogP contribution in [0.5, 0.6) is 0 Å². The highest BCUT2D eigenvalue weighted by atomic mass is 28.4. The zero-order chi connectivity index (χ0) is 27.5. The molecule has 0 heterocycles. The van der Waals surface area contributed by atoms with Crippen LogP contribution < -0.4 is 0 Å². The Morgan fingerprint density at radius 1 is 1.03 bits per heavy atom. The van der Waals surface area contributed by atoms with Crippen LogP contribution in [0.1, 0.15) is 47.1 Å². The molecule has 2 atom stereocenters. The van der Waals surface area contributed by atoms with Gasteiger partial charge in [0.25, 0.3) is 0 Å². The van der Waals surface area contributed by atoms with Crippen molar-refractivity contribution < 1.29 is 28.2 Å². The van der Waals surface area contributed by atoms with Crippen LogP contribution in [0.4, 0.5) is 0 Å². The van der Waals surface area contributed by atoms with Crippen molar-refractivity contribution in [2.45, 2.75) is 78.0 Å². The molecule has 0 bridgehead atoms. The van der Waals surface area contributed by atoms with Gasteiger partial charge in [0, 0.05) is 7.11 Å². The Balaban J connectivity index is 2.35. The Morgan fingerprint density at radius 3 is 2.24 bits per heavy atom. The van der Waals surface area contributed by atoms with Crippen molar-refractivity contribution in [1.29, 1.82) is 0 Å². The molecule has 2 aromatic rings. The Bertz CT molecular complexity index is 1030. The van der Waals surface area contributed by atoms with E-state index in [9.17, 15) is 4.79 Å². The van der Waals surface area contributed by atoms with Crippen LogP contribution in [0.15, 0.2) is 42.5 Å². The zero-order valence-electron chi connectivity index (χ0n) is 23.6. The molecule has 0 spiro atoms. The molecule has 7 heteroatoms. The average Bonchev–Trinajstić information content (AvgIpc) is 2.90. The van der Waals surface area contributed by atoms with Crippen molar-refractivity contribution in [2.75, 3.05) is 27.1 Å². The van der Waals surface area contributed by atoms with Gasteiger partial charge in [-0.2, -0.15) is 0 Å². The van der Waals surface area contributed by atoms with Crippen molar-refractivity contribution in [3.8, 4) is 12.3 Å². The van der Waals surface area contributed by atoms with E-state index in [4.69, 9.17) is 29.8 Å². The fourth-order valence-corrected chi connectivity index (χ4v) is 7.14. The van der Waals surface area contributed by atoms with Crippen molar-refractivity contribution in [1.82, 2.24) is 0 Å². The fourth-order valence-electron chi connectivity index (χ4n) is 4.19. The van der Waals surface area contributed by atoms with Crippen LogP contribution in [-0.2, 0) is 34.8 Å². The van der Waals surface area contributed by atoms with E-state index in [0.717, 1.165) is 29.1 Å². The summed E-state index contributed by atoms with van der Waals surface area (Å²) in [6.45, 7) is 12.2. The number of hydrogen-bond acceptors (Lipinski definition) is 6. The summed E-state index contributed by atoms with van der Waals surface area (Å²) >= 11 is 0. The second kappa shape index (κ2) is 14.1.